The molecule has 0 amide bonds. The Labute approximate surface area is 124 Å². The van der Waals surface area contributed by atoms with Gasteiger partial charge in [0.15, 0.2) is 0 Å². The van der Waals surface area contributed by atoms with Crippen molar-refractivity contribution in [2.75, 3.05) is 7.05 Å². The van der Waals surface area contributed by atoms with E-state index in [1.54, 1.807) is 4.68 Å². The van der Waals surface area contributed by atoms with E-state index in [0.29, 0.717) is 0 Å². The zero-order valence-electron chi connectivity index (χ0n) is 12.5. The summed E-state index contributed by atoms with van der Waals surface area (Å²) >= 11 is 6.06. The Hall–Kier alpha value is -1.52. The zero-order valence-corrected chi connectivity index (χ0v) is 13.3. The van der Waals surface area contributed by atoms with Gasteiger partial charge in [0.2, 0.25) is 5.88 Å². The fraction of sp³-hybridized carbons (Fsp3) is 0.400. The monoisotopic (exact) mass is 293 g/mol. The molecule has 2 rings (SSSR count). The summed E-state index contributed by atoms with van der Waals surface area (Å²) < 4.78 is 7.91. The van der Waals surface area contributed by atoms with Gasteiger partial charge in [-0.3, -0.25) is 0 Å². The van der Waals surface area contributed by atoms with Gasteiger partial charge in [0, 0.05) is 18.6 Å². The molecule has 1 aromatic carbocycles. The molecule has 1 heterocycles. The quantitative estimate of drug-likeness (QED) is 0.937. The summed E-state index contributed by atoms with van der Waals surface area (Å²) in [5.74, 6) is 1.61. The molecule has 0 spiro atoms. The molecule has 0 saturated carbocycles. The molecule has 5 heteroatoms. The Balaban J connectivity index is 2.45. The van der Waals surface area contributed by atoms with Crippen LogP contribution in [0.2, 0.25) is 5.02 Å². The van der Waals surface area contributed by atoms with Crippen molar-refractivity contribution in [1.29, 1.82) is 0 Å². The summed E-state index contributed by atoms with van der Waals surface area (Å²) in [6, 6.07) is 3.82. The van der Waals surface area contributed by atoms with Crippen LogP contribution in [-0.4, -0.2) is 16.8 Å². The van der Waals surface area contributed by atoms with Crippen molar-refractivity contribution in [2.24, 2.45) is 7.05 Å². The maximum atomic E-state index is 6.13. The third-order valence-electron chi connectivity index (χ3n) is 3.27. The van der Waals surface area contributed by atoms with E-state index in [1.165, 1.54) is 0 Å². The van der Waals surface area contributed by atoms with Gasteiger partial charge >= 0.3 is 0 Å². The minimum atomic E-state index is 0.723. The van der Waals surface area contributed by atoms with E-state index in [-0.39, 0.29) is 0 Å². The molecule has 1 N–H and O–H groups in total. The number of halogens is 1. The normalized spacial score (nSPS) is 10.9. The Bertz CT molecular complexity index is 611. The van der Waals surface area contributed by atoms with Gasteiger partial charge < -0.3 is 10.1 Å². The van der Waals surface area contributed by atoms with Crippen LogP contribution in [0, 0.1) is 20.8 Å². The summed E-state index contributed by atoms with van der Waals surface area (Å²) in [6.45, 7) is 6.70. The van der Waals surface area contributed by atoms with Crippen molar-refractivity contribution in [3.8, 4) is 11.6 Å². The van der Waals surface area contributed by atoms with Gasteiger partial charge in [0.25, 0.3) is 0 Å². The van der Waals surface area contributed by atoms with E-state index in [2.05, 4.69) is 10.4 Å². The van der Waals surface area contributed by atoms with E-state index < -0.39 is 0 Å². The zero-order chi connectivity index (χ0) is 14.9. The first-order valence-corrected chi connectivity index (χ1v) is 6.93. The van der Waals surface area contributed by atoms with Crippen molar-refractivity contribution in [2.45, 2.75) is 27.3 Å². The molecule has 20 heavy (non-hydrogen) atoms. The Morgan fingerprint density at radius 1 is 1.25 bits per heavy atom. The molecule has 0 unspecified atom stereocenters. The van der Waals surface area contributed by atoms with Gasteiger partial charge in [-0.25, -0.2) is 4.68 Å². The number of aryl methyl sites for hydroxylation is 4. The number of hydrogen-bond donors (Lipinski definition) is 1. The van der Waals surface area contributed by atoms with Gasteiger partial charge in [-0.2, -0.15) is 5.10 Å². The van der Waals surface area contributed by atoms with Gasteiger partial charge in [0.1, 0.15) is 5.75 Å². The second kappa shape index (κ2) is 5.85. The van der Waals surface area contributed by atoms with Gasteiger partial charge in [-0.05, 0) is 51.1 Å². The van der Waals surface area contributed by atoms with Gasteiger partial charge in [-0.1, -0.05) is 11.6 Å². The highest BCUT2D eigenvalue weighted by molar-refractivity contribution is 6.30. The molecular formula is C15H20ClN3O. The molecule has 0 aliphatic carbocycles. The number of ether oxygens (including phenoxy) is 1. The van der Waals surface area contributed by atoms with Crippen LogP contribution in [0.25, 0.3) is 0 Å². The summed E-state index contributed by atoms with van der Waals surface area (Å²) in [6.07, 6.45) is 0. The number of hydrogen-bond acceptors (Lipinski definition) is 3. The molecule has 0 saturated heterocycles. The molecule has 2 aromatic rings. The average Bonchev–Trinajstić information content (AvgIpc) is 2.60. The highest BCUT2D eigenvalue weighted by atomic mass is 35.5. The third kappa shape index (κ3) is 2.81. The lowest BCUT2D eigenvalue weighted by Crippen LogP contribution is -2.07. The minimum Gasteiger partial charge on any atom is -0.438 e. The highest BCUT2D eigenvalue weighted by Gasteiger charge is 2.17. The lowest BCUT2D eigenvalue weighted by molar-refractivity contribution is 0.419. The summed E-state index contributed by atoms with van der Waals surface area (Å²) in [5.41, 5.74) is 4.08. The van der Waals surface area contributed by atoms with Crippen LogP contribution in [0.15, 0.2) is 12.1 Å². The van der Waals surface area contributed by atoms with Crippen LogP contribution in [0.5, 0.6) is 11.6 Å². The van der Waals surface area contributed by atoms with Crippen molar-refractivity contribution < 1.29 is 4.74 Å². The second-order valence-electron chi connectivity index (χ2n) is 4.99. The predicted molar refractivity (Wildman–Crippen MR) is 81.7 cm³/mol. The molecule has 0 aliphatic rings. The first kappa shape index (κ1) is 14.9. The number of benzene rings is 1. The Morgan fingerprint density at radius 3 is 2.40 bits per heavy atom. The molecule has 0 aliphatic heterocycles. The van der Waals surface area contributed by atoms with E-state index >= 15 is 0 Å². The number of aromatic nitrogens is 2. The van der Waals surface area contributed by atoms with Crippen LogP contribution in [0.4, 0.5) is 0 Å². The molecule has 0 fully saturated rings. The van der Waals surface area contributed by atoms with Gasteiger partial charge in [0.05, 0.1) is 11.3 Å². The van der Waals surface area contributed by atoms with Gasteiger partial charge in [-0.15, -0.1) is 0 Å². The lowest BCUT2D eigenvalue weighted by atomic mass is 10.1. The average molecular weight is 294 g/mol. The van der Waals surface area contributed by atoms with Crippen molar-refractivity contribution in [3.63, 3.8) is 0 Å². The first-order chi connectivity index (χ1) is 9.43. The summed E-state index contributed by atoms with van der Waals surface area (Å²) in [5, 5.41) is 8.30. The summed E-state index contributed by atoms with van der Waals surface area (Å²) in [7, 11) is 3.80. The predicted octanol–water partition coefficient (Wildman–Crippen LogP) is 3.51. The van der Waals surface area contributed by atoms with E-state index in [1.807, 2.05) is 47.0 Å². The standard InChI is InChI=1S/C15H20ClN3O/c1-9-6-12(16)7-10(2)14(9)20-15-13(8-17-4)11(3)18-19(15)5/h6-7,17H,8H2,1-5H3. The maximum absolute atomic E-state index is 6.13. The second-order valence-corrected chi connectivity index (χ2v) is 5.43. The van der Waals surface area contributed by atoms with Crippen molar-refractivity contribution in [1.82, 2.24) is 15.1 Å². The molecular weight excluding hydrogens is 274 g/mol. The Kier molecular flexibility index (Phi) is 4.35. The minimum absolute atomic E-state index is 0.723. The van der Waals surface area contributed by atoms with E-state index in [9.17, 15) is 0 Å². The van der Waals surface area contributed by atoms with E-state index in [4.69, 9.17) is 16.3 Å². The largest absolute Gasteiger partial charge is 0.438 e. The molecule has 0 bridgehead atoms. The highest BCUT2D eigenvalue weighted by Crippen LogP contribution is 2.33. The van der Waals surface area contributed by atoms with Crippen LogP contribution >= 0.6 is 11.6 Å². The Morgan fingerprint density at radius 2 is 1.85 bits per heavy atom. The smallest absolute Gasteiger partial charge is 0.222 e. The SMILES string of the molecule is CNCc1c(C)nn(C)c1Oc1c(C)cc(Cl)cc1C. The topological polar surface area (TPSA) is 39.1 Å². The van der Waals surface area contributed by atoms with Crippen LogP contribution in [0.1, 0.15) is 22.4 Å². The van der Waals surface area contributed by atoms with Crippen molar-refractivity contribution >= 4 is 11.6 Å². The molecule has 4 nitrogen and oxygen atoms in total. The van der Waals surface area contributed by atoms with E-state index in [0.717, 1.165) is 45.6 Å². The maximum Gasteiger partial charge on any atom is 0.222 e. The van der Waals surface area contributed by atoms with Crippen molar-refractivity contribution in [3.05, 3.63) is 39.5 Å². The number of nitrogens with one attached hydrogen (secondary N) is 1. The molecule has 0 atom stereocenters. The fourth-order valence-corrected chi connectivity index (χ4v) is 2.67. The third-order valence-corrected chi connectivity index (χ3v) is 3.48. The van der Waals surface area contributed by atoms with Crippen LogP contribution in [0.3, 0.4) is 0 Å². The summed E-state index contributed by atoms with van der Waals surface area (Å²) in [4.78, 5) is 0. The van der Waals surface area contributed by atoms with Crippen LogP contribution < -0.4 is 10.1 Å². The fourth-order valence-electron chi connectivity index (χ4n) is 2.34. The molecule has 0 radical (unpaired) electrons. The number of rotatable bonds is 4. The first-order valence-electron chi connectivity index (χ1n) is 6.55. The van der Waals surface area contributed by atoms with Crippen LogP contribution in [-0.2, 0) is 13.6 Å². The lowest BCUT2D eigenvalue weighted by Gasteiger charge is -2.14. The molecule has 108 valence electrons. The molecule has 1 aromatic heterocycles. The number of nitrogens with zero attached hydrogens (tertiary/aromatic N) is 2.